The average Bonchev–Trinajstić information content (AvgIpc) is 2.75. The van der Waals surface area contributed by atoms with Gasteiger partial charge < -0.3 is 10.1 Å². The summed E-state index contributed by atoms with van der Waals surface area (Å²) in [5.41, 5.74) is -2.06. The van der Waals surface area contributed by atoms with Gasteiger partial charge in [0.15, 0.2) is 29.4 Å². The number of ether oxygens (including phenoxy) is 1. The minimum atomic E-state index is -5.70. The van der Waals surface area contributed by atoms with Crippen molar-refractivity contribution in [3.63, 3.8) is 0 Å². The Morgan fingerprint density at radius 1 is 0.882 bits per heavy atom. The SMILES string of the molecule is Cc1cc(C)cc(C(OCc2ccccc2)C(=O)Nc2c(F)c(F)c(C(F)(F)F)c(F)c2F)c1. The lowest BCUT2D eigenvalue weighted by atomic mass is 10.0. The van der Waals surface area contributed by atoms with Gasteiger partial charge in [0.2, 0.25) is 0 Å². The van der Waals surface area contributed by atoms with E-state index in [1.54, 1.807) is 67.7 Å². The van der Waals surface area contributed by atoms with E-state index < -0.39 is 52.7 Å². The summed E-state index contributed by atoms with van der Waals surface area (Å²) in [5.74, 6) is -11.4. The predicted octanol–water partition coefficient (Wildman–Crippen LogP) is 6.78. The Morgan fingerprint density at radius 2 is 1.41 bits per heavy atom. The number of carbonyl (C=O) groups is 1. The Morgan fingerprint density at radius 3 is 1.91 bits per heavy atom. The number of benzene rings is 3. The molecule has 0 heterocycles. The van der Waals surface area contributed by atoms with E-state index in [-0.39, 0.29) is 12.2 Å². The van der Waals surface area contributed by atoms with Crippen molar-refractivity contribution < 1.29 is 40.3 Å². The molecule has 1 atom stereocenters. The van der Waals surface area contributed by atoms with Crippen LogP contribution in [0.25, 0.3) is 0 Å². The highest BCUT2D eigenvalue weighted by molar-refractivity contribution is 5.95. The number of carbonyl (C=O) groups excluding carboxylic acids is 1. The zero-order valence-corrected chi connectivity index (χ0v) is 17.9. The molecule has 1 amide bonds. The van der Waals surface area contributed by atoms with Gasteiger partial charge in [0, 0.05) is 0 Å². The van der Waals surface area contributed by atoms with Gasteiger partial charge in [0.1, 0.15) is 11.3 Å². The maximum atomic E-state index is 14.3. The zero-order chi connectivity index (χ0) is 25.2. The number of rotatable bonds is 6. The van der Waals surface area contributed by atoms with Crippen LogP contribution >= 0.6 is 0 Å². The van der Waals surface area contributed by atoms with Gasteiger partial charge >= 0.3 is 6.18 Å². The number of nitrogens with one attached hydrogen (secondary N) is 1. The first-order valence-corrected chi connectivity index (χ1v) is 9.88. The molecule has 3 aromatic carbocycles. The summed E-state index contributed by atoms with van der Waals surface area (Å²) in [6.07, 6.45) is -7.20. The number of anilines is 1. The summed E-state index contributed by atoms with van der Waals surface area (Å²) < 4.78 is 101. The Bertz CT molecular complexity index is 1160. The number of alkyl halides is 3. The number of aryl methyl sites for hydroxylation is 2. The molecule has 10 heteroatoms. The first kappa shape index (κ1) is 25.2. The number of hydrogen-bond donors (Lipinski definition) is 1. The van der Waals surface area contributed by atoms with Crippen LogP contribution in [0, 0.1) is 37.1 Å². The lowest BCUT2D eigenvalue weighted by Gasteiger charge is -2.20. The molecule has 3 rings (SSSR count). The van der Waals surface area contributed by atoms with Crippen molar-refractivity contribution in [1.82, 2.24) is 0 Å². The van der Waals surface area contributed by atoms with Gasteiger partial charge in [-0.25, -0.2) is 17.6 Å². The fourth-order valence-electron chi connectivity index (χ4n) is 3.42. The van der Waals surface area contributed by atoms with Crippen LogP contribution in [0.2, 0.25) is 0 Å². The highest BCUT2D eigenvalue weighted by atomic mass is 19.4. The number of amides is 1. The van der Waals surface area contributed by atoms with Crippen LogP contribution in [-0.2, 0) is 22.3 Å². The van der Waals surface area contributed by atoms with Crippen molar-refractivity contribution in [2.75, 3.05) is 5.32 Å². The third-order valence-corrected chi connectivity index (χ3v) is 4.84. The first-order valence-electron chi connectivity index (χ1n) is 9.88. The molecule has 0 aliphatic carbocycles. The second-order valence-corrected chi connectivity index (χ2v) is 7.59. The third kappa shape index (κ3) is 5.39. The van der Waals surface area contributed by atoms with Gasteiger partial charge in [-0.2, -0.15) is 13.2 Å². The smallest absolute Gasteiger partial charge is 0.359 e. The van der Waals surface area contributed by atoms with E-state index in [4.69, 9.17) is 4.74 Å². The molecule has 3 nitrogen and oxygen atoms in total. The highest BCUT2D eigenvalue weighted by Crippen LogP contribution is 2.39. The van der Waals surface area contributed by atoms with Crippen molar-refractivity contribution in [3.8, 4) is 0 Å². The normalized spacial score (nSPS) is 12.5. The Labute approximate surface area is 190 Å². The molecule has 0 saturated heterocycles. The molecule has 34 heavy (non-hydrogen) atoms. The molecule has 0 fully saturated rings. The van der Waals surface area contributed by atoms with Crippen molar-refractivity contribution >= 4 is 11.6 Å². The fraction of sp³-hybridized carbons (Fsp3) is 0.208. The predicted molar refractivity (Wildman–Crippen MR) is 110 cm³/mol. The van der Waals surface area contributed by atoms with Crippen LogP contribution in [-0.4, -0.2) is 5.91 Å². The molecule has 0 saturated carbocycles. The van der Waals surface area contributed by atoms with Crippen LogP contribution in [0.3, 0.4) is 0 Å². The Balaban J connectivity index is 2.00. The van der Waals surface area contributed by atoms with E-state index in [9.17, 15) is 35.5 Å². The van der Waals surface area contributed by atoms with E-state index in [2.05, 4.69) is 0 Å². The largest absolute Gasteiger partial charge is 0.422 e. The van der Waals surface area contributed by atoms with E-state index in [1.807, 2.05) is 0 Å². The Kier molecular flexibility index (Phi) is 7.30. The average molecular weight is 485 g/mol. The van der Waals surface area contributed by atoms with Gasteiger partial charge in [-0.15, -0.1) is 0 Å². The molecule has 0 bridgehead atoms. The molecular weight excluding hydrogens is 467 g/mol. The molecular formula is C24H18F7NO2. The van der Waals surface area contributed by atoms with Crippen LogP contribution in [0.1, 0.15) is 33.9 Å². The van der Waals surface area contributed by atoms with Crippen molar-refractivity contribution in [3.05, 3.63) is 99.6 Å². The minimum Gasteiger partial charge on any atom is -0.359 e. The van der Waals surface area contributed by atoms with Gasteiger partial charge in [0.05, 0.1) is 6.61 Å². The van der Waals surface area contributed by atoms with Gasteiger partial charge in [-0.1, -0.05) is 59.7 Å². The lowest BCUT2D eigenvalue weighted by Crippen LogP contribution is -2.26. The van der Waals surface area contributed by atoms with Crippen molar-refractivity contribution in [2.24, 2.45) is 0 Å². The molecule has 0 aliphatic heterocycles. The fourth-order valence-corrected chi connectivity index (χ4v) is 3.42. The van der Waals surface area contributed by atoms with E-state index in [1.165, 1.54) is 0 Å². The molecule has 3 aromatic rings. The molecule has 0 aliphatic rings. The third-order valence-electron chi connectivity index (χ3n) is 4.84. The van der Waals surface area contributed by atoms with Crippen LogP contribution in [0.5, 0.6) is 0 Å². The molecule has 0 spiro atoms. The summed E-state index contributed by atoms with van der Waals surface area (Å²) in [7, 11) is 0. The van der Waals surface area contributed by atoms with E-state index in [0.717, 1.165) is 11.1 Å². The summed E-state index contributed by atoms with van der Waals surface area (Å²) in [5, 5.41) is 1.65. The van der Waals surface area contributed by atoms with E-state index >= 15 is 0 Å². The summed E-state index contributed by atoms with van der Waals surface area (Å²) in [4.78, 5) is 12.9. The molecule has 0 aromatic heterocycles. The number of hydrogen-bond acceptors (Lipinski definition) is 2. The molecule has 0 radical (unpaired) electrons. The first-order chi connectivity index (χ1) is 15.9. The topological polar surface area (TPSA) is 38.3 Å². The zero-order valence-electron chi connectivity index (χ0n) is 17.9. The lowest BCUT2D eigenvalue weighted by molar-refractivity contribution is -0.143. The molecule has 1 N–H and O–H groups in total. The second-order valence-electron chi connectivity index (χ2n) is 7.59. The monoisotopic (exact) mass is 485 g/mol. The Hall–Kier alpha value is -3.40. The van der Waals surface area contributed by atoms with E-state index in [0.29, 0.717) is 5.56 Å². The highest BCUT2D eigenvalue weighted by Gasteiger charge is 2.42. The standard InChI is InChI=1S/C24H18F7NO2/c1-12-8-13(2)10-15(9-12)22(34-11-14-6-4-3-5-7-14)23(33)32-21-19(27)17(25)16(24(29,30)31)18(26)20(21)28/h3-10,22H,11H2,1-2H3,(H,32,33). The molecule has 180 valence electrons. The second kappa shape index (κ2) is 9.84. The maximum absolute atomic E-state index is 14.3. The minimum absolute atomic E-state index is 0.118. The van der Waals surface area contributed by atoms with Crippen LogP contribution < -0.4 is 5.32 Å². The maximum Gasteiger partial charge on any atom is 0.422 e. The quantitative estimate of drug-likeness (QED) is 0.309. The van der Waals surface area contributed by atoms with Gasteiger partial charge in [-0.05, 0) is 25.0 Å². The van der Waals surface area contributed by atoms with Gasteiger partial charge in [0.25, 0.3) is 5.91 Å². The molecule has 1 unspecified atom stereocenters. The summed E-state index contributed by atoms with van der Waals surface area (Å²) in [6, 6.07) is 13.5. The van der Waals surface area contributed by atoms with Gasteiger partial charge in [-0.3, -0.25) is 4.79 Å². The van der Waals surface area contributed by atoms with Crippen molar-refractivity contribution in [1.29, 1.82) is 0 Å². The van der Waals surface area contributed by atoms with Crippen molar-refractivity contribution in [2.45, 2.75) is 32.7 Å². The summed E-state index contributed by atoms with van der Waals surface area (Å²) in [6.45, 7) is 3.33. The summed E-state index contributed by atoms with van der Waals surface area (Å²) >= 11 is 0. The van der Waals surface area contributed by atoms with Crippen LogP contribution in [0.4, 0.5) is 36.4 Å². The van der Waals surface area contributed by atoms with Crippen LogP contribution in [0.15, 0.2) is 48.5 Å². The number of halogens is 7.